The van der Waals surface area contributed by atoms with Crippen LogP contribution in [0.5, 0.6) is 0 Å². The molecule has 0 spiro atoms. The Balaban J connectivity index is 0.000000151. The summed E-state index contributed by atoms with van der Waals surface area (Å²) in [4.78, 5) is 1.02. The third-order valence-electron chi connectivity index (χ3n) is 2.01. The van der Waals surface area contributed by atoms with E-state index in [1.165, 1.54) is 5.56 Å². The highest BCUT2D eigenvalue weighted by atomic mass is 32.1. The van der Waals surface area contributed by atoms with Gasteiger partial charge in [0.1, 0.15) is 0 Å². The molecule has 15 heavy (non-hydrogen) atoms. The lowest BCUT2D eigenvalue weighted by molar-refractivity contribution is 1.14. The van der Waals surface area contributed by atoms with E-state index in [0.717, 1.165) is 11.3 Å². The molecule has 0 aliphatic carbocycles. The highest BCUT2D eigenvalue weighted by Gasteiger charge is 1.80. The fourth-order valence-electron chi connectivity index (χ4n) is 1.14. The molecule has 0 atom stereocenters. The lowest BCUT2D eigenvalue weighted by Crippen LogP contribution is -1.73. The highest BCUT2D eigenvalue weighted by Crippen LogP contribution is 2.00. The van der Waals surface area contributed by atoms with Gasteiger partial charge in [-0.1, -0.05) is 55.5 Å². The minimum absolute atomic E-state index is 1.02. The zero-order chi connectivity index (χ0) is 10.9. The molecule has 0 saturated heterocycles. The summed E-state index contributed by atoms with van der Waals surface area (Å²) in [5.41, 5.74) is 1.41. The minimum Gasteiger partial charge on any atom is -0.143 e. The molecule has 0 N–H and O–H groups in total. The second-order valence-corrected chi connectivity index (χ2v) is 3.69. The van der Waals surface area contributed by atoms with E-state index >= 15 is 0 Å². The second-order valence-electron chi connectivity index (χ2n) is 3.17. The van der Waals surface area contributed by atoms with E-state index in [-0.39, 0.29) is 0 Å². The molecular weight excluding hydrogens is 200 g/mol. The van der Waals surface area contributed by atoms with Gasteiger partial charge in [0.05, 0.1) is 0 Å². The molecule has 2 aromatic carbocycles. The summed E-state index contributed by atoms with van der Waals surface area (Å²) in [6.07, 6.45) is 1.14. The van der Waals surface area contributed by atoms with Crippen molar-refractivity contribution in [3.63, 3.8) is 0 Å². The number of hydrogen-bond donors (Lipinski definition) is 1. The molecule has 2 rings (SSSR count). The Morgan fingerprint density at radius 1 is 0.800 bits per heavy atom. The van der Waals surface area contributed by atoms with Crippen LogP contribution in [0.1, 0.15) is 12.5 Å². The van der Waals surface area contributed by atoms with Gasteiger partial charge in [-0.2, -0.15) is 0 Å². The monoisotopic (exact) mass is 216 g/mol. The van der Waals surface area contributed by atoms with Gasteiger partial charge in [-0.15, -0.1) is 12.6 Å². The van der Waals surface area contributed by atoms with Crippen LogP contribution in [0.3, 0.4) is 0 Å². The quantitative estimate of drug-likeness (QED) is 0.678. The van der Waals surface area contributed by atoms with Crippen LogP contribution in [-0.4, -0.2) is 0 Å². The molecule has 0 unspecified atom stereocenters. The minimum atomic E-state index is 1.02. The summed E-state index contributed by atoms with van der Waals surface area (Å²) in [6, 6.07) is 20.2. The Labute approximate surface area is 97.4 Å². The first kappa shape index (κ1) is 11.9. The van der Waals surface area contributed by atoms with E-state index in [1.54, 1.807) is 0 Å². The van der Waals surface area contributed by atoms with E-state index in [9.17, 15) is 0 Å². The fourth-order valence-corrected chi connectivity index (χ4v) is 1.31. The van der Waals surface area contributed by atoms with Crippen molar-refractivity contribution in [3.05, 3.63) is 66.2 Å². The molecule has 0 heterocycles. The van der Waals surface area contributed by atoms with Gasteiger partial charge >= 0.3 is 0 Å². The Hall–Kier alpha value is -1.21. The van der Waals surface area contributed by atoms with Crippen LogP contribution in [-0.2, 0) is 6.42 Å². The van der Waals surface area contributed by atoms with Gasteiger partial charge in [-0.3, -0.25) is 0 Å². The van der Waals surface area contributed by atoms with Crippen molar-refractivity contribution >= 4 is 12.6 Å². The third kappa shape index (κ3) is 5.28. The maximum Gasteiger partial charge on any atom is 0.00399 e. The number of hydrogen-bond acceptors (Lipinski definition) is 1. The van der Waals surface area contributed by atoms with Gasteiger partial charge in [-0.05, 0) is 24.1 Å². The predicted octanol–water partition coefficient (Wildman–Crippen LogP) is 4.22. The molecular formula is C14H16S. The van der Waals surface area contributed by atoms with Gasteiger partial charge in [0.15, 0.2) is 0 Å². The van der Waals surface area contributed by atoms with E-state index in [4.69, 9.17) is 0 Å². The van der Waals surface area contributed by atoms with Crippen molar-refractivity contribution in [3.8, 4) is 0 Å². The third-order valence-corrected chi connectivity index (χ3v) is 2.31. The molecule has 0 amide bonds. The van der Waals surface area contributed by atoms with E-state index in [1.807, 2.05) is 36.4 Å². The first-order chi connectivity index (χ1) is 7.33. The zero-order valence-electron chi connectivity index (χ0n) is 8.93. The number of benzene rings is 2. The fraction of sp³-hybridized carbons (Fsp3) is 0.143. The molecule has 0 saturated carbocycles. The lowest BCUT2D eigenvalue weighted by atomic mass is 10.2. The zero-order valence-corrected chi connectivity index (χ0v) is 9.82. The van der Waals surface area contributed by atoms with E-state index in [0.29, 0.717) is 0 Å². The summed E-state index contributed by atoms with van der Waals surface area (Å²) in [5.74, 6) is 0. The van der Waals surface area contributed by atoms with Crippen molar-refractivity contribution < 1.29 is 0 Å². The Bertz CT molecular complexity index is 354. The van der Waals surface area contributed by atoms with Gasteiger partial charge in [-0.25, -0.2) is 0 Å². The van der Waals surface area contributed by atoms with Gasteiger partial charge in [0.2, 0.25) is 0 Å². The largest absolute Gasteiger partial charge is 0.143 e. The van der Waals surface area contributed by atoms with Gasteiger partial charge in [0, 0.05) is 4.90 Å². The van der Waals surface area contributed by atoms with Crippen LogP contribution in [0.4, 0.5) is 0 Å². The first-order valence-electron chi connectivity index (χ1n) is 5.11. The lowest BCUT2D eigenvalue weighted by Gasteiger charge is -1.89. The topological polar surface area (TPSA) is 0 Å². The molecule has 1 heteroatoms. The normalized spacial score (nSPS) is 8.93. The standard InChI is InChI=1S/C8H10.C6H6S/c1-2-8-6-4-3-5-7-8;7-6-4-2-1-3-5-6/h3-7H,2H2,1H3;1-5,7H. The van der Waals surface area contributed by atoms with Crippen LogP contribution in [0.2, 0.25) is 0 Å². The summed E-state index contributed by atoms with van der Waals surface area (Å²) in [6.45, 7) is 2.16. The Kier molecular flexibility index (Phi) is 5.64. The van der Waals surface area contributed by atoms with Crippen LogP contribution in [0.15, 0.2) is 65.6 Å². The second kappa shape index (κ2) is 7.13. The molecule has 2 aromatic rings. The van der Waals surface area contributed by atoms with Crippen molar-refractivity contribution in [2.45, 2.75) is 18.2 Å². The summed E-state index contributed by atoms with van der Waals surface area (Å²) in [5, 5.41) is 0. The van der Waals surface area contributed by atoms with Crippen molar-refractivity contribution in [1.29, 1.82) is 0 Å². The SMILES string of the molecule is CCc1ccccc1.Sc1ccccc1. The first-order valence-corrected chi connectivity index (χ1v) is 5.55. The average molecular weight is 216 g/mol. The van der Waals surface area contributed by atoms with Crippen molar-refractivity contribution in [2.24, 2.45) is 0 Å². The maximum absolute atomic E-state index is 4.08. The smallest absolute Gasteiger partial charge is 0.00399 e. The van der Waals surface area contributed by atoms with Gasteiger partial charge < -0.3 is 0 Å². The molecule has 78 valence electrons. The number of aryl methyl sites for hydroxylation is 1. The number of rotatable bonds is 1. The van der Waals surface area contributed by atoms with E-state index in [2.05, 4.69) is 43.8 Å². The predicted molar refractivity (Wildman–Crippen MR) is 69.5 cm³/mol. The molecule has 0 fully saturated rings. The summed E-state index contributed by atoms with van der Waals surface area (Å²) in [7, 11) is 0. The molecule has 0 nitrogen and oxygen atoms in total. The van der Waals surface area contributed by atoms with Crippen molar-refractivity contribution in [1.82, 2.24) is 0 Å². The molecule has 0 bridgehead atoms. The van der Waals surface area contributed by atoms with Crippen LogP contribution in [0, 0.1) is 0 Å². The number of thiol groups is 1. The van der Waals surface area contributed by atoms with Crippen LogP contribution >= 0.6 is 12.6 Å². The van der Waals surface area contributed by atoms with Crippen LogP contribution < -0.4 is 0 Å². The van der Waals surface area contributed by atoms with Crippen LogP contribution in [0.25, 0.3) is 0 Å². The molecule has 0 aliphatic heterocycles. The molecule has 0 aromatic heterocycles. The maximum atomic E-state index is 4.08. The Morgan fingerprint density at radius 2 is 1.27 bits per heavy atom. The summed E-state index contributed by atoms with van der Waals surface area (Å²) < 4.78 is 0. The Morgan fingerprint density at radius 3 is 1.53 bits per heavy atom. The van der Waals surface area contributed by atoms with E-state index < -0.39 is 0 Å². The van der Waals surface area contributed by atoms with Crippen molar-refractivity contribution in [2.75, 3.05) is 0 Å². The van der Waals surface area contributed by atoms with Gasteiger partial charge in [0.25, 0.3) is 0 Å². The molecule has 0 aliphatic rings. The highest BCUT2D eigenvalue weighted by molar-refractivity contribution is 7.80. The summed E-state index contributed by atoms with van der Waals surface area (Å²) >= 11 is 4.08. The average Bonchev–Trinajstić information content (AvgIpc) is 2.32. The molecule has 0 radical (unpaired) electrons.